The second-order valence-electron chi connectivity index (χ2n) is 5.55. The molecule has 3 nitrogen and oxygen atoms in total. The van der Waals surface area contributed by atoms with Gasteiger partial charge in [-0.05, 0) is 25.8 Å². The first-order valence-electron chi connectivity index (χ1n) is 7.63. The number of rotatable bonds is 7. The molecule has 1 N–H and O–H groups in total. The highest BCUT2D eigenvalue weighted by atomic mass is 32.2. The first-order chi connectivity index (χ1) is 9.29. The van der Waals surface area contributed by atoms with E-state index in [1.54, 1.807) is 0 Å². The minimum Gasteiger partial charge on any atom is -0.309 e. The molecule has 19 heavy (non-hydrogen) atoms. The maximum absolute atomic E-state index is 4.31. The van der Waals surface area contributed by atoms with Gasteiger partial charge in [0, 0.05) is 35.9 Å². The summed E-state index contributed by atoms with van der Waals surface area (Å²) in [6, 6.07) is 0.459. The van der Waals surface area contributed by atoms with E-state index in [0.717, 1.165) is 11.8 Å². The number of aryl methyl sites for hydroxylation is 1. The van der Waals surface area contributed by atoms with Gasteiger partial charge in [-0.3, -0.25) is 4.68 Å². The van der Waals surface area contributed by atoms with Crippen LogP contribution in [-0.4, -0.2) is 27.3 Å². The number of thioether (sulfide) groups is 1. The molecule has 1 saturated carbocycles. The summed E-state index contributed by atoms with van der Waals surface area (Å²) in [5.74, 6) is 1.18. The molecule has 0 bridgehead atoms. The van der Waals surface area contributed by atoms with Gasteiger partial charge in [0.25, 0.3) is 0 Å². The molecule has 1 fully saturated rings. The molecular weight excluding hydrogens is 254 g/mol. The van der Waals surface area contributed by atoms with Gasteiger partial charge in [0.05, 0.1) is 6.20 Å². The largest absolute Gasteiger partial charge is 0.309 e. The van der Waals surface area contributed by atoms with E-state index >= 15 is 0 Å². The van der Waals surface area contributed by atoms with E-state index in [1.807, 2.05) is 17.9 Å². The highest BCUT2D eigenvalue weighted by molar-refractivity contribution is 7.99. The molecule has 4 heteroatoms. The Morgan fingerprint density at radius 1 is 1.42 bits per heavy atom. The van der Waals surface area contributed by atoms with Gasteiger partial charge >= 0.3 is 0 Å². The Morgan fingerprint density at radius 3 is 2.84 bits per heavy atom. The first-order valence-corrected chi connectivity index (χ1v) is 8.68. The highest BCUT2D eigenvalue weighted by Gasteiger charge is 2.18. The number of hydrogen-bond donors (Lipinski definition) is 1. The van der Waals surface area contributed by atoms with E-state index < -0.39 is 0 Å². The topological polar surface area (TPSA) is 29.9 Å². The summed E-state index contributed by atoms with van der Waals surface area (Å²) in [6.07, 6.45) is 12.5. The number of hydrogen-bond acceptors (Lipinski definition) is 3. The minimum absolute atomic E-state index is 0.459. The van der Waals surface area contributed by atoms with Crippen LogP contribution in [0, 0.1) is 0 Å². The second-order valence-corrected chi connectivity index (χ2v) is 6.88. The zero-order chi connectivity index (χ0) is 13.5. The van der Waals surface area contributed by atoms with Crippen molar-refractivity contribution < 1.29 is 0 Å². The lowest BCUT2D eigenvalue weighted by Gasteiger charge is -2.24. The monoisotopic (exact) mass is 281 g/mol. The Bertz CT molecular complexity index is 358. The van der Waals surface area contributed by atoms with Crippen molar-refractivity contribution in [3.8, 4) is 0 Å². The van der Waals surface area contributed by atoms with Gasteiger partial charge in [-0.2, -0.15) is 16.9 Å². The highest BCUT2D eigenvalue weighted by Crippen LogP contribution is 2.30. The number of nitrogens with zero attached hydrogens (tertiary/aromatic N) is 2. The molecule has 1 aromatic heterocycles. The Labute approximate surface area is 121 Å². The average Bonchev–Trinajstić information content (AvgIpc) is 2.86. The van der Waals surface area contributed by atoms with Crippen molar-refractivity contribution in [1.82, 2.24) is 15.1 Å². The van der Waals surface area contributed by atoms with E-state index in [1.165, 1.54) is 49.8 Å². The van der Waals surface area contributed by atoms with Gasteiger partial charge in [-0.15, -0.1) is 0 Å². The maximum atomic E-state index is 4.31. The molecule has 0 spiro atoms. The smallest absolute Gasteiger partial charge is 0.0537 e. The van der Waals surface area contributed by atoms with Crippen LogP contribution in [0.3, 0.4) is 0 Å². The summed E-state index contributed by atoms with van der Waals surface area (Å²) in [5.41, 5.74) is 1.33. The van der Waals surface area contributed by atoms with Crippen molar-refractivity contribution in [2.24, 2.45) is 7.05 Å². The van der Waals surface area contributed by atoms with Crippen molar-refractivity contribution in [2.45, 2.75) is 56.7 Å². The van der Waals surface area contributed by atoms with Crippen molar-refractivity contribution in [3.63, 3.8) is 0 Å². The Kier molecular flexibility index (Phi) is 6.24. The molecule has 1 atom stereocenters. The fourth-order valence-corrected chi connectivity index (χ4v) is 4.12. The van der Waals surface area contributed by atoms with Crippen LogP contribution < -0.4 is 5.32 Å². The van der Waals surface area contributed by atoms with E-state index in [4.69, 9.17) is 0 Å². The van der Waals surface area contributed by atoms with Gasteiger partial charge in [-0.1, -0.05) is 26.2 Å². The summed E-state index contributed by atoms with van der Waals surface area (Å²) in [7, 11) is 1.99. The average molecular weight is 281 g/mol. The summed E-state index contributed by atoms with van der Waals surface area (Å²) in [5, 5.41) is 8.86. The lowest BCUT2D eigenvalue weighted by molar-refractivity contribution is 0.513. The molecule has 0 amide bonds. The molecule has 2 rings (SSSR count). The molecule has 1 aromatic rings. The number of nitrogens with one attached hydrogen (secondary N) is 1. The molecule has 108 valence electrons. The fourth-order valence-electron chi connectivity index (χ4n) is 2.68. The Balaban J connectivity index is 1.86. The third-order valence-corrected chi connectivity index (χ3v) is 5.29. The number of aromatic nitrogens is 2. The SMILES string of the molecule is CCCNC(CSC1CCCCC1)c1cnn(C)c1. The third-order valence-electron chi connectivity index (χ3n) is 3.82. The van der Waals surface area contributed by atoms with E-state index in [0.29, 0.717) is 6.04 Å². The molecule has 0 radical (unpaired) electrons. The molecule has 1 unspecified atom stereocenters. The Morgan fingerprint density at radius 2 is 2.21 bits per heavy atom. The van der Waals surface area contributed by atoms with Crippen molar-refractivity contribution >= 4 is 11.8 Å². The maximum Gasteiger partial charge on any atom is 0.0537 e. The molecular formula is C15H27N3S. The van der Waals surface area contributed by atoms with Gasteiger partial charge in [-0.25, -0.2) is 0 Å². The van der Waals surface area contributed by atoms with Crippen molar-refractivity contribution in [2.75, 3.05) is 12.3 Å². The van der Waals surface area contributed by atoms with E-state index in [-0.39, 0.29) is 0 Å². The summed E-state index contributed by atoms with van der Waals surface area (Å²) in [4.78, 5) is 0. The van der Waals surface area contributed by atoms with Crippen LogP contribution in [0.5, 0.6) is 0 Å². The van der Waals surface area contributed by atoms with Crippen LogP contribution in [0.2, 0.25) is 0 Å². The van der Waals surface area contributed by atoms with E-state index in [9.17, 15) is 0 Å². The van der Waals surface area contributed by atoms with Crippen molar-refractivity contribution in [3.05, 3.63) is 18.0 Å². The quantitative estimate of drug-likeness (QED) is 0.829. The molecule has 0 aromatic carbocycles. The van der Waals surface area contributed by atoms with Crippen LogP contribution in [0.4, 0.5) is 0 Å². The molecule has 0 aliphatic heterocycles. The predicted octanol–water partition coefficient (Wildman–Crippen LogP) is 3.53. The van der Waals surface area contributed by atoms with Crippen LogP contribution in [-0.2, 0) is 7.05 Å². The fraction of sp³-hybridized carbons (Fsp3) is 0.800. The van der Waals surface area contributed by atoms with Crippen LogP contribution in [0.25, 0.3) is 0 Å². The zero-order valence-corrected chi connectivity index (χ0v) is 13.1. The van der Waals surface area contributed by atoms with Crippen LogP contribution >= 0.6 is 11.8 Å². The van der Waals surface area contributed by atoms with Crippen LogP contribution in [0.15, 0.2) is 12.4 Å². The third kappa shape index (κ3) is 4.84. The molecule has 1 aliphatic rings. The normalized spacial score (nSPS) is 18.6. The molecule has 0 saturated heterocycles. The summed E-state index contributed by atoms with van der Waals surface area (Å²) >= 11 is 2.16. The molecule has 1 aliphatic carbocycles. The van der Waals surface area contributed by atoms with E-state index in [2.05, 4.69) is 35.3 Å². The van der Waals surface area contributed by atoms with Gasteiger partial charge < -0.3 is 5.32 Å². The lowest BCUT2D eigenvalue weighted by Crippen LogP contribution is -2.25. The Hall–Kier alpha value is -0.480. The standard InChI is InChI=1S/C15H27N3S/c1-3-9-16-15(13-10-17-18(2)11-13)12-19-14-7-5-4-6-8-14/h10-11,14-16H,3-9,12H2,1-2H3. The molecule has 1 heterocycles. The summed E-state index contributed by atoms with van der Waals surface area (Å²) in [6.45, 7) is 3.31. The first kappa shape index (κ1) is 14.9. The van der Waals surface area contributed by atoms with Crippen LogP contribution in [0.1, 0.15) is 57.1 Å². The zero-order valence-electron chi connectivity index (χ0n) is 12.3. The minimum atomic E-state index is 0.459. The predicted molar refractivity (Wildman–Crippen MR) is 83.6 cm³/mol. The second kappa shape index (κ2) is 7.95. The lowest BCUT2D eigenvalue weighted by atomic mass is 10.0. The summed E-state index contributed by atoms with van der Waals surface area (Å²) < 4.78 is 1.90. The van der Waals surface area contributed by atoms with Gasteiger partial charge in [0.1, 0.15) is 0 Å². The van der Waals surface area contributed by atoms with Gasteiger partial charge in [0.15, 0.2) is 0 Å². The van der Waals surface area contributed by atoms with Gasteiger partial charge in [0.2, 0.25) is 0 Å². The van der Waals surface area contributed by atoms with Crippen molar-refractivity contribution in [1.29, 1.82) is 0 Å².